The Hall–Kier alpha value is -4.10. The van der Waals surface area contributed by atoms with Crippen LogP contribution in [0.15, 0.2) is 84.0 Å². The summed E-state index contributed by atoms with van der Waals surface area (Å²) in [7, 11) is 1.60. The molecule has 1 aromatic heterocycles. The van der Waals surface area contributed by atoms with E-state index in [1.165, 1.54) is 4.90 Å². The predicted octanol–water partition coefficient (Wildman–Crippen LogP) is 5.56. The molecule has 0 aliphatic carbocycles. The average Bonchev–Trinajstić information content (AvgIpc) is 3.30. The van der Waals surface area contributed by atoms with Crippen molar-refractivity contribution in [1.29, 1.82) is 0 Å². The summed E-state index contributed by atoms with van der Waals surface area (Å²) >= 11 is 6.67. The Morgan fingerprint density at radius 2 is 1.79 bits per heavy atom. The first kappa shape index (κ1) is 25.5. The molecular weight excluding hydrogens is 500 g/mol. The highest BCUT2D eigenvalue weighted by Gasteiger charge is 2.34. The maximum atomic E-state index is 14.0. The third kappa shape index (κ3) is 4.89. The van der Waals surface area contributed by atoms with Crippen LogP contribution < -0.4 is 14.5 Å². The van der Waals surface area contributed by atoms with Crippen molar-refractivity contribution in [3.63, 3.8) is 0 Å². The number of ether oxygens (including phenoxy) is 1. The van der Waals surface area contributed by atoms with E-state index in [1.54, 1.807) is 18.1 Å². The Labute approximate surface area is 226 Å². The van der Waals surface area contributed by atoms with E-state index in [-0.39, 0.29) is 29.6 Å². The minimum absolute atomic E-state index is 0.130. The summed E-state index contributed by atoms with van der Waals surface area (Å²) in [5.74, 6) is 0.218. The summed E-state index contributed by atoms with van der Waals surface area (Å²) in [6, 6.07) is 21.6. The van der Waals surface area contributed by atoms with E-state index in [0.717, 1.165) is 22.2 Å². The number of carbonyl (C=O) groups is 2. The summed E-state index contributed by atoms with van der Waals surface area (Å²) in [4.78, 5) is 38.9. The predicted molar refractivity (Wildman–Crippen MR) is 153 cm³/mol. The molecular formula is C30H29ClN4O3. The van der Waals surface area contributed by atoms with Crippen molar-refractivity contribution in [2.75, 3.05) is 23.5 Å². The lowest BCUT2D eigenvalue weighted by Gasteiger charge is -2.31. The number of aromatic nitrogens is 1. The Kier molecular flexibility index (Phi) is 7.20. The van der Waals surface area contributed by atoms with E-state index in [0.29, 0.717) is 23.4 Å². The Morgan fingerprint density at radius 1 is 1.08 bits per heavy atom. The first-order valence-corrected chi connectivity index (χ1v) is 12.9. The molecule has 1 atom stereocenters. The number of nitrogens with one attached hydrogen (secondary N) is 1. The number of rotatable bonds is 7. The average molecular weight is 529 g/mol. The van der Waals surface area contributed by atoms with Gasteiger partial charge in [-0.2, -0.15) is 0 Å². The zero-order chi connectivity index (χ0) is 26.8. The van der Waals surface area contributed by atoms with Gasteiger partial charge in [-0.05, 0) is 61.9 Å². The van der Waals surface area contributed by atoms with Crippen molar-refractivity contribution < 1.29 is 14.3 Å². The second kappa shape index (κ2) is 10.7. The van der Waals surface area contributed by atoms with Gasteiger partial charge in [-0.15, -0.1) is 0 Å². The molecule has 0 saturated carbocycles. The molecule has 0 saturated heterocycles. The van der Waals surface area contributed by atoms with E-state index >= 15 is 0 Å². The lowest BCUT2D eigenvalue weighted by atomic mass is 10.0. The molecule has 0 radical (unpaired) electrons. The number of benzodiazepines with no additional fused rings is 1. The molecule has 5 rings (SSSR count). The third-order valence-electron chi connectivity index (χ3n) is 6.75. The maximum Gasteiger partial charge on any atom is 0.252 e. The second-order valence-corrected chi connectivity index (χ2v) is 9.85. The van der Waals surface area contributed by atoms with E-state index in [2.05, 4.69) is 9.98 Å². The molecule has 194 valence electrons. The number of hydrogen-bond acceptors (Lipinski definition) is 4. The molecule has 0 bridgehead atoms. The molecule has 7 nitrogen and oxygen atoms in total. The number of carbonyl (C=O) groups excluding carboxylic acids is 2. The van der Waals surface area contributed by atoms with Crippen LogP contribution in [0.3, 0.4) is 0 Å². The fourth-order valence-electron chi connectivity index (χ4n) is 4.93. The second-order valence-electron chi connectivity index (χ2n) is 9.50. The van der Waals surface area contributed by atoms with Crippen LogP contribution in [0.25, 0.3) is 10.9 Å². The van der Waals surface area contributed by atoms with Gasteiger partial charge in [0.1, 0.15) is 23.5 Å². The van der Waals surface area contributed by atoms with Gasteiger partial charge in [0.15, 0.2) is 0 Å². The Balaban J connectivity index is 1.49. The summed E-state index contributed by atoms with van der Waals surface area (Å²) in [5, 5.41) is 1.28. The normalized spacial score (nSPS) is 15.3. The highest BCUT2D eigenvalue weighted by atomic mass is 35.5. The number of methoxy groups -OCH3 is 1. The van der Waals surface area contributed by atoms with Crippen molar-refractivity contribution in [1.82, 2.24) is 4.98 Å². The first-order valence-electron chi connectivity index (χ1n) is 12.5. The fourth-order valence-corrected chi connectivity index (χ4v) is 5.21. The topological polar surface area (TPSA) is 78.0 Å². The van der Waals surface area contributed by atoms with Gasteiger partial charge in [-0.3, -0.25) is 14.6 Å². The van der Waals surface area contributed by atoms with Crippen LogP contribution in [0.2, 0.25) is 0 Å². The molecule has 1 aliphatic heterocycles. The van der Waals surface area contributed by atoms with Gasteiger partial charge in [-0.25, -0.2) is 0 Å². The molecule has 2 heterocycles. The summed E-state index contributed by atoms with van der Waals surface area (Å²) in [6.45, 7) is 3.74. The third-order valence-corrected chi connectivity index (χ3v) is 7.06. The number of hydrogen-bond donors (Lipinski definition) is 1. The standard InChI is InChI=1S/C30H29ClN4O3/c1-19(2)35(21-12-14-22(38-3)15-13-21)28(36)18-34-27-11-7-5-9-24(27)29(31)33-26(30(34)37)16-20-17-32-25-10-6-4-8-23(20)25/h4-15,17,19,26,32H,16,18H2,1-3H3. The molecule has 3 aromatic carbocycles. The van der Waals surface area contributed by atoms with Crippen molar-refractivity contribution in [3.05, 3.63) is 90.1 Å². The number of fused-ring (bicyclic) bond motifs is 2. The smallest absolute Gasteiger partial charge is 0.252 e. The van der Waals surface area contributed by atoms with Gasteiger partial charge in [0.25, 0.3) is 5.91 Å². The number of aromatic amines is 1. The van der Waals surface area contributed by atoms with E-state index in [1.807, 2.05) is 86.8 Å². The number of aliphatic imine (C=N–C) groups is 1. The number of para-hydroxylation sites is 2. The van der Waals surface area contributed by atoms with Crippen molar-refractivity contribution in [3.8, 4) is 5.75 Å². The van der Waals surface area contributed by atoms with Crippen LogP contribution in [0.4, 0.5) is 11.4 Å². The summed E-state index contributed by atoms with van der Waals surface area (Å²) in [6.07, 6.45) is 2.25. The van der Waals surface area contributed by atoms with Gasteiger partial charge >= 0.3 is 0 Å². The maximum absolute atomic E-state index is 14.0. The van der Waals surface area contributed by atoms with Gasteiger partial charge in [0, 0.05) is 40.8 Å². The fraction of sp³-hybridized carbons (Fsp3) is 0.233. The highest BCUT2D eigenvalue weighted by Crippen LogP contribution is 2.30. The van der Waals surface area contributed by atoms with Crippen LogP contribution in [0, 0.1) is 0 Å². The molecule has 1 N–H and O–H groups in total. The summed E-state index contributed by atoms with van der Waals surface area (Å²) < 4.78 is 5.27. The molecule has 4 aromatic rings. The number of halogens is 1. The van der Waals surface area contributed by atoms with Crippen LogP contribution in [-0.4, -0.2) is 47.7 Å². The summed E-state index contributed by atoms with van der Waals surface area (Å²) in [5.41, 5.74) is 3.87. The number of H-pyrrole nitrogens is 1. The number of benzene rings is 3. The number of amides is 2. The van der Waals surface area contributed by atoms with Crippen molar-refractivity contribution in [2.24, 2.45) is 4.99 Å². The number of nitrogens with zero attached hydrogens (tertiary/aromatic N) is 3. The minimum atomic E-state index is -0.782. The van der Waals surface area contributed by atoms with Crippen LogP contribution in [0.1, 0.15) is 25.0 Å². The van der Waals surface area contributed by atoms with Crippen LogP contribution in [-0.2, 0) is 16.0 Å². The van der Waals surface area contributed by atoms with Crippen molar-refractivity contribution in [2.45, 2.75) is 32.4 Å². The molecule has 38 heavy (non-hydrogen) atoms. The molecule has 8 heteroatoms. The molecule has 0 fully saturated rings. The van der Waals surface area contributed by atoms with E-state index in [4.69, 9.17) is 16.3 Å². The largest absolute Gasteiger partial charge is 0.497 e. The lowest BCUT2D eigenvalue weighted by molar-refractivity contribution is -0.123. The van der Waals surface area contributed by atoms with E-state index in [9.17, 15) is 9.59 Å². The van der Waals surface area contributed by atoms with Crippen LogP contribution >= 0.6 is 11.6 Å². The number of anilines is 2. The zero-order valence-electron chi connectivity index (χ0n) is 21.5. The monoisotopic (exact) mass is 528 g/mol. The van der Waals surface area contributed by atoms with Gasteiger partial charge < -0.3 is 19.5 Å². The lowest BCUT2D eigenvalue weighted by Crippen LogP contribution is -2.48. The molecule has 1 aliphatic rings. The van der Waals surface area contributed by atoms with Crippen molar-refractivity contribution >= 4 is 50.9 Å². The van der Waals surface area contributed by atoms with E-state index < -0.39 is 6.04 Å². The Morgan fingerprint density at radius 3 is 2.53 bits per heavy atom. The first-order chi connectivity index (χ1) is 18.4. The highest BCUT2D eigenvalue weighted by molar-refractivity contribution is 6.70. The Bertz CT molecular complexity index is 1510. The molecule has 2 amide bonds. The van der Waals surface area contributed by atoms with Gasteiger partial charge in [-0.1, -0.05) is 41.9 Å². The SMILES string of the molecule is COc1ccc(N(C(=O)CN2C(=O)C(Cc3c[nH]c4ccccc34)N=C(Cl)c3ccccc32)C(C)C)cc1. The minimum Gasteiger partial charge on any atom is -0.497 e. The van der Waals surface area contributed by atoms with Crippen LogP contribution in [0.5, 0.6) is 5.75 Å². The zero-order valence-corrected chi connectivity index (χ0v) is 22.3. The molecule has 1 unspecified atom stereocenters. The quantitative estimate of drug-likeness (QED) is 0.341. The van der Waals surface area contributed by atoms with Gasteiger partial charge in [0.05, 0.1) is 12.8 Å². The van der Waals surface area contributed by atoms with Gasteiger partial charge in [0.2, 0.25) is 5.91 Å². The molecule has 0 spiro atoms.